The van der Waals surface area contributed by atoms with Gasteiger partial charge in [0.25, 0.3) is 0 Å². The van der Waals surface area contributed by atoms with Gasteiger partial charge in [-0.2, -0.15) is 0 Å². The summed E-state index contributed by atoms with van der Waals surface area (Å²) in [5, 5.41) is 8.38. The zero-order valence-electron chi connectivity index (χ0n) is 16.8. The first-order chi connectivity index (χ1) is 13.8. The van der Waals surface area contributed by atoms with Crippen molar-refractivity contribution in [2.45, 2.75) is 45.1 Å². The molecule has 0 spiro atoms. The Morgan fingerprint density at radius 3 is 2.66 bits per heavy atom. The van der Waals surface area contributed by atoms with Gasteiger partial charge in [0.1, 0.15) is 0 Å². The monoisotopic (exact) mass is 425 g/mol. The topological polar surface area (TPSA) is 54.0 Å². The minimum atomic E-state index is -0.236. The molecule has 4 nitrogen and oxygen atoms in total. The number of rotatable bonds is 5. The van der Waals surface area contributed by atoms with Crippen LogP contribution in [0.5, 0.6) is 0 Å². The van der Waals surface area contributed by atoms with Crippen LogP contribution >= 0.6 is 22.9 Å². The molecule has 1 fully saturated rings. The Morgan fingerprint density at radius 1 is 1.17 bits per heavy atom. The van der Waals surface area contributed by atoms with Crippen LogP contribution in [-0.4, -0.2) is 17.1 Å². The molecule has 2 N–H and O–H groups in total. The van der Waals surface area contributed by atoms with Crippen LogP contribution in [0, 0.1) is 0 Å². The van der Waals surface area contributed by atoms with E-state index in [0.29, 0.717) is 10.7 Å². The third-order valence-electron chi connectivity index (χ3n) is 5.22. The summed E-state index contributed by atoms with van der Waals surface area (Å²) in [5.74, 6) is 0. The van der Waals surface area contributed by atoms with E-state index in [4.69, 9.17) is 11.6 Å². The summed E-state index contributed by atoms with van der Waals surface area (Å²) >= 11 is 8.19. The number of hydrogen-bond acceptors (Lipinski definition) is 3. The Morgan fingerprint density at radius 2 is 1.97 bits per heavy atom. The van der Waals surface area contributed by atoms with Crippen LogP contribution in [0.1, 0.15) is 39.3 Å². The minimum absolute atomic E-state index is 0.0745. The van der Waals surface area contributed by atoms with Crippen LogP contribution in [0.3, 0.4) is 0 Å². The number of nitrogens with one attached hydrogen (secondary N) is 2. The van der Waals surface area contributed by atoms with E-state index in [1.54, 1.807) is 17.4 Å². The average molecular weight is 426 g/mol. The van der Waals surface area contributed by atoms with E-state index >= 15 is 0 Å². The molecule has 0 unspecified atom stereocenters. The molecular weight excluding hydrogens is 402 g/mol. The van der Waals surface area contributed by atoms with Crippen molar-refractivity contribution in [2.24, 2.45) is 0 Å². The molecule has 0 saturated heterocycles. The summed E-state index contributed by atoms with van der Waals surface area (Å²) in [5.41, 5.74) is 5.42. The summed E-state index contributed by atoms with van der Waals surface area (Å²) in [6.07, 6.45) is 4.33. The molecule has 0 aliphatic heterocycles. The highest BCUT2D eigenvalue weighted by Gasteiger charge is 2.40. The van der Waals surface area contributed by atoms with E-state index in [1.165, 1.54) is 29.7 Å². The molecule has 0 atom stereocenters. The average Bonchev–Trinajstić information content (AvgIpc) is 3.24. The summed E-state index contributed by atoms with van der Waals surface area (Å²) in [6, 6.07) is 11.9. The molecule has 1 aliphatic rings. The molecule has 1 aromatic carbocycles. The second kappa shape index (κ2) is 7.81. The van der Waals surface area contributed by atoms with Crippen molar-refractivity contribution in [3.05, 3.63) is 58.7 Å². The third kappa shape index (κ3) is 4.46. The number of urea groups is 1. The Balaban J connectivity index is 1.54. The van der Waals surface area contributed by atoms with Crippen molar-refractivity contribution in [1.82, 2.24) is 10.3 Å². The number of pyridine rings is 1. The van der Waals surface area contributed by atoms with E-state index in [2.05, 4.69) is 46.1 Å². The lowest BCUT2D eigenvalue weighted by molar-refractivity contribution is 0.250. The molecule has 3 aromatic rings. The van der Waals surface area contributed by atoms with Crippen molar-refractivity contribution in [2.75, 3.05) is 5.32 Å². The van der Waals surface area contributed by atoms with Crippen LogP contribution in [-0.2, 0) is 5.41 Å². The Kier molecular flexibility index (Phi) is 5.36. The third-order valence-corrected chi connectivity index (χ3v) is 6.50. The SMILES string of the molecule is CC(C)NC(=O)Nc1ccc(-c2cc(-c3ccnc(C4(C)CC4)c3)cs2)c(Cl)c1. The molecule has 1 aliphatic carbocycles. The predicted molar refractivity (Wildman–Crippen MR) is 122 cm³/mol. The summed E-state index contributed by atoms with van der Waals surface area (Å²) in [7, 11) is 0. The zero-order valence-corrected chi connectivity index (χ0v) is 18.3. The predicted octanol–water partition coefficient (Wildman–Crippen LogP) is 6.71. The van der Waals surface area contributed by atoms with Gasteiger partial charge in [-0.05, 0) is 79.6 Å². The molecule has 2 amide bonds. The van der Waals surface area contributed by atoms with Crippen LogP contribution in [0.4, 0.5) is 10.5 Å². The molecule has 2 aromatic heterocycles. The van der Waals surface area contributed by atoms with Crippen LogP contribution in [0.25, 0.3) is 21.6 Å². The van der Waals surface area contributed by atoms with Crippen molar-refractivity contribution in [1.29, 1.82) is 0 Å². The van der Waals surface area contributed by atoms with Crippen molar-refractivity contribution in [3.8, 4) is 21.6 Å². The fraction of sp³-hybridized carbons (Fsp3) is 0.304. The Labute approximate surface area is 180 Å². The minimum Gasteiger partial charge on any atom is -0.336 e. The molecule has 0 bridgehead atoms. The number of nitrogens with zero attached hydrogens (tertiary/aromatic N) is 1. The summed E-state index contributed by atoms with van der Waals surface area (Å²) in [6.45, 7) is 6.11. The van der Waals surface area contributed by atoms with Gasteiger partial charge in [-0.15, -0.1) is 11.3 Å². The van der Waals surface area contributed by atoms with Crippen LogP contribution < -0.4 is 10.6 Å². The number of halogens is 1. The van der Waals surface area contributed by atoms with E-state index < -0.39 is 0 Å². The molecule has 4 rings (SSSR count). The smallest absolute Gasteiger partial charge is 0.319 e. The number of amides is 2. The van der Waals surface area contributed by atoms with Gasteiger partial charge in [-0.1, -0.05) is 18.5 Å². The fourth-order valence-electron chi connectivity index (χ4n) is 3.23. The number of thiophene rings is 1. The zero-order chi connectivity index (χ0) is 20.6. The van der Waals surface area contributed by atoms with Crippen molar-refractivity contribution in [3.63, 3.8) is 0 Å². The lowest BCUT2D eigenvalue weighted by Crippen LogP contribution is -2.34. The lowest BCUT2D eigenvalue weighted by atomic mass is 10.0. The fourth-order valence-corrected chi connectivity index (χ4v) is 4.53. The first-order valence-electron chi connectivity index (χ1n) is 9.77. The number of benzene rings is 1. The van der Waals surface area contributed by atoms with Gasteiger partial charge >= 0.3 is 6.03 Å². The quantitative estimate of drug-likeness (QED) is 0.477. The Bertz CT molecular complexity index is 1060. The number of carbonyl (C=O) groups is 1. The van der Waals surface area contributed by atoms with Gasteiger partial charge in [0, 0.05) is 39.5 Å². The second-order valence-electron chi connectivity index (χ2n) is 8.14. The first-order valence-corrected chi connectivity index (χ1v) is 11.0. The largest absolute Gasteiger partial charge is 0.336 e. The van der Waals surface area contributed by atoms with Crippen molar-refractivity contribution >= 4 is 34.7 Å². The molecule has 0 radical (unpaired) electrons. The number of carbonyl (C=O) groups excluding carboxylic acids is 1. The molecule has 150 valence electrons. The summed E-state index contributed by atoms with van der Waals surface area (Å²) < 4.78 is 0. The van der Waals surface area contributed by atoms with E-state index in [9.17, 15) is 4.79 Å². The maximum atomic E-state index is 11.9. The highest BCUT2D eigenvalue weighted by molar-refractivity contribution is 7.14. The van der Waals surface area contributed by atoms with Gasteiger partial charge in [0.05, 0.1) is 5.02 Å². The standard InChI is InChI=1S/C23H24ClN3OS/c1-14(2)26-22(28)27-17-4-5-18(19(24)12-17)20-10-16(13-29-20)15-6-9-25-21(11-15)23(3)7-8-23/h4-6,9-14H,7-8H2,1-3H3,(H2,26,27,28). The lowest BCUT2D eigenvalue weighted by Gasteiger charge is -2.11. The molecule has 2 heterocycles. The second-order valence-corrected chi connectivity index (χ2v) is 9.46. The van der Waals surface area contributed by atoms with E-state index in [1.807, 2.05) is 32.2 Å². The molecule has 29 heavy (non-hydrogen) atoms. The Hall–Kier alpha value is -2.37. The number of anilines is 1. The molecule has 1 saturated carbocycles. The van der Waals surface area contributed by atoms with E-state index in [0.717, 1.165) is 10.4 Å². The molecule has 6 heteroatoms. The number of aromatic nitrogens is 1. The van der Waals surface area contributed by atoms with Crippen LogP contribution in [0.15, 0.2) is 48.0 Å². The van der Waals surface area contributed by atoms with Gasteiger partial charge < -0.3 is 10.6 Å². The first kappa shape index (κ1) is 19.9. The molecular formula is C23H24ClN3OS. The van der Waals surface area contributed by atoms with Gasteiger partial charge in [0.15, 0.2) is 0 Å². The van der Waals surface area contributed by atoms with Gasteiger partial charge in [0.2, 0.25) is 0 Å². The van der Waals surface area contributed by atoms with E-state index in [-0.39, 0.29) is 17.5 Å². The maximum absolute atomic E-state index is 11.9. The highest BCUT2D eigenvalue weighted by atomic mass is 35.5. The maximum Gasteiger partial charge on any atom is 0.319 e. The normalized spacial score (nSPS) is 14.7. The van der Waals surface area contributed by atoms with Gasteiger partial charge in [-0.3, -0.25) is 4.98 Å². The number of hydrogen-bond donors (Lipinski definition) is 2. The highest BCUT2D eigenvalue weighted by Crippen LogP contribution is 2.47. The van der Waals surface area contributed by atoms with Crippen LogP contribution in [0.2, 0.25) is 5.02 Å². The van der Waals surface area contributed by atoms with Gasteiger partial charge in [-0.25, -0.2) is 4.79 Å². The van der Waals surface area contributed by atoms with Crippen molar-refractivity contribution < 1.29 is 4.79 Å². The summed E-state index contributed by atoms with van der Waals surface area (Å²) in [4.78, 5) is 17.6.